The molecule has 0 unspecified atom stereocenters. The summed E-state index contributed by atoms with van der Waals surface area (Å²) in [4.78, 5) is 22.9. The first-order valence-corrected chi connectivity index (χ1v) is 4.40. The van der Waals surface area contributed by atoms with Crippen molar-refractivity contribution in [2.75, 3.05) is 0 Å². The van der Waals surface area contributed by atoms with Gasteiger partial charge in [0, 0.05) is 17.7 Å². The summed E-state index contributed by atoms with van der Waals surface area (Å²) in [5.74, 6) is -1.85. The van der Waals surface area contributed by atoms with Gasteiger partial charge in [-0.1, -0.05) is 11.6 Å². The standard InChI is InChI=1S/C10H5ClO4/c11-6-3-8(14)9-5(10(6)15)1-4(12)2-7(9)13/h1-3,12-13H. The molecule has 15 heavy (non-hydrogen) atoms. The second kappa shape index (κ2) is 3.10. The SMILES string of the molecule is O=C1C(Cl)=CC(=O)c2c(O)cc(O)cc21. The molecular formula is C10H5ClO4. The van der Waals surface area contributed by atoms with Crippen LogP contribution in [0.4, 0.5) is 0 Å². The van der Waals surface area contributed by atoms with Crippen LogP contribution in [0.2, 0.25) is 0 Å². The summed E-state index contributed by atoms with van der Waals surface area (Å²) < 4.78 is 0. The Kier molecular flexibility index (Phi) is 2.01. The van der Waals surface area contributed by atoms with E-state index in [2.05, 4.69) is 0 Å². The number of Topliss-reactive ketones (excluding diaryl/α,β-unsaturated/α-hetero) is 1. The Labute approximate surface area is 89.4 Å². The van der Waals surface area contributed by atoms with Crippen LogP contribution in [0, 0.1) is 0 Å². The van der Waals surface area contributed by atoms with Crippen molar-refractivity contribution in [3.05, 3.63) is 34.4 Å². The number of carbonyl (C=O) groups excluding carboxylic acids is 2. The summed E-state index contributed by atoms with van der Waals surface area (Å²) in [6.45, 7) is 0. The molecule has 1 aromatic rings. The van der Waals surface area contributed by atoms with Gasteiger partial charge in [-0.2, -0.15) is 0 Å². The van der Waals surface area contributed by atoms with Gasteiger partial charge < -0.3 is 10.2 Å². The van der Waals surface area contributed by atoms with Crippen LogP contribution in [0.5, 0.6) is 11.5 Å². The topological polar surface area (TPSA) is 74.6 Å². The molecule has 0 aliphatic heterocycles. The first-order valence-electron chi connectivity index (χ1n) is 4.03. The van der Waals surface area contributed by atoms with Crippen LogP contribution in [-0.2, 0) is 0 Å². The molecule has 5 heteroatoms. The number of phenols is 2. The van der Waals surface area contributed by atoms with Crippen LogP contribution >= 0.6 is 11.6 Å². The van der Waals surface area contributed by atoms with E-state index in [0.717, 1.165) is 18.2 Å². The summed E-state index contributed by atoms with van der Waals surface area (Å²) in [7, 11) is 0. The number of carbonyl (C=O) groups is 2. The van der Waals surface area contributed by atoms with Gasteiger partial charge in [-0.3, -0.25) is 9.59 Å². The van der Waals surface area contributed by atoms with Crippen molar-refractivity contribution in [2.45, 2.75) is 0 Å². The number of fused-ring (bicyclic) bond motifs is 1. The number of allylic oxidation sites excluding steroid dienone is 2. The van der Waals surface area contributed by atoms with Crippen molar-refractivity contribution >= 4 is 23.2 Å². The molecule has 0 amide bonds. The fourth-order valence-corrected chi connectivity index (χ4v) is 1.63. The van der Waals surface area contributed by atoms with Crippen molar-refractivity contribution in [1.82, 2.24) is 0 Å². The van der Waals surface area contributed by atoms with Crippen LogP contribution in [0.25, 0.3) is 0 Å². The highest BCUT2D eigenvalue weighted by Gasteiger charge is 2.27. The normalized spacial score (nSPS) is 14.9. The molecule has 1 aliphatic carbocycles. The lowest BCUT2D eigenvalue weighted by Gasteiger charge is -2.12. The number of phenolic OH excluding ortho intramolecular Hbond substituents is 2. The van der Waals surface area contributed by atoms with E-state index in [1.807, 2.05) is 0 Å². The predicted molar refractivity (Wildman–Crippen MR) is 52.4 cm³/mol. The molecule has 0 spiro atoms. The minimum Gasteiger partial charge on any atom is -0.508 e. The molecule has 0 fully saturated rings. The second-order valence-corrected chi connectivity index (χ2v) is 3.48. The van der Waals surface area contributed by atoms with Gasteiger partial charge in [-0.05, 0) is 6.07 Å². The van der Waals surface area contributed by atoms with Gasteiger partial charge in [0.15, 0.2) is 5.78 Å². The number of benzene rings is 1. The van der Waals surface area contributed by atoms with E-state index in [9.17, 15) is 19.8 Å². The molecule has 0 atom stereocenters. The fraction of sp³-hybridized carbons (Fsp3) is 0. The van der Waals surface area contributed by atoms with E-state index >= 15 is 0 Å². The minimum atomic E-state index is -0.586. The maximum atomic E-state index is 11.5. The fourth-order valence-electron chi connectivity index (χ4n) is 1.43. The Morgan fingerprint density at radius 2 is 1.80 bits per heavy atom. The van der Waals surface area contributed by atoms with Gasteiger partial charge in [0.25, 0.3) is 0 Å². The van der Waals surface area contributed by atoms with Crippen molar-refractivity contribution in [3.8, 4) is 11.5 Å². The van der Waals surface area contributed by atoms with Gasteiger partial charge in [-0.25, -0.2) is 0 Å². The first kappa shape index (κ1) is 9.73. The van der Waals surface area contributed by atoms with Crippen LogP contribution < -0.4 is 0 Å². The Morgan fingerprint density at radius 3 is 2.47 bits per heavy atom. The molecule has 0 aromatic heterocycles. The number of rotatable bonds is 0. The molecule has 1 aromatic carbocycles. The highest BCUT2D eigenvalue weighted by atomic mass is 35.5. The van der Waals surface area contributed by atoms with Crippen molar-refractivity contribution in [2.24, 2.45) is 0 Å². The number of hydrogen-bond donors (Lipinski definition) is 2. The van der Waals surface area contributed by atoms with Crippen molar-refractivity contribution in [1.29, 1.82) is 0 Å². The maximum Gasteiger partial charge on any atom is 0.205 e. The number of ketones is 2. The molecule has 0 bridgehead atoms. The van der Waals surface area contributed by atoms with Gasteiger partial charge in [0.05, 0.1) is 10.6 Å². The monoisotopic (exact) mass is 224 g/mol. The van der Waals surface area contributed by atoms with E-state index in [0.29, 0.717) is 0 Å². The van der Waals surface area contributed by atoms with Crippen molar-refractivity contribution in [3.63, 3.8) is 0 Å². The average molecular weight is 225 g/mol. The molecule has 0 saturated carbocycles. The van der Waals surface area contributed by atoms with E-state index in [1.165, 1.54) is 0 Å². The Balaban J connectivity index is 2.78. The number of hydrogen-bond acceptors (Lipinski definition) is 4. The molecule has 2 rings (SSSR count). The highest BCUT2D eigenvalue weighted by Crippen LogP contribution is 2.33. The summed E-state index contributed by atoms with van der Waals surface area (Å²) in [5.41, 5.74) is -0.202. The molecule has 0 heterocycles. The third kappa shape index (κ3) is 1.39. The summed E-state index contributed by atoms with van der Waals surface area (Å²) >= 11 is 5.52. The zero-order valence-corrected chi connectivity index (χ0v) is 8.08. The van der Waals surface area contributed by atoms with Crippen LogP contribution in [0.1, 0.15) is 20.7 Å². The van der Waals surface area contributed by atoms with Crippen LogP contribution in [-0.4, -0.2) is 21.8 Å². The zero-order valence-electron chi connectivity index (χ0n) is 7.32. The first-order chi connectivity index (χ1) is 7.00. The van der Waals surface area contributed by atoms with Crippen LogP contribution in [0.3, 0.4) is 0 Å². The summed E-state index contributed by atoms with van der Waals surface area (Å²) in [6.07, 6.45) is 0.947. The molecule has 0 radical (unpaired) electrons. The lowest BCUT2D eigenvalue weighted by Crippen LogP contribution is -2.14. The highest BCUT2D eigenvalue weighted by molar-refractivity contribution is 6.49. The Hall–Kier alpha value is -1.81. The van der Waals surface area contributed by atoms with Gasteiger partial charge in [0.2, 0.25) is 5.78 Å². The third-order valence-electron chi connectivity index (χ3n) is 2.07. The summed E-state index contributed by atoms with van der Waals surface area (Å²) in [6, 6.07) is 2.10. The third-order valence-corrected chi connectivity index (χ3v) is 2.35. The minimum absolute atomic E-state index is 0.0787. The van der Waals surface area contributed by atoms with E-state index in [4.69, 9.17) is 11.6 Å². The molecule has 0 saturated heterocycles. The molecule has 2 N–H and O–H groups in total. The van der Waals surface area contributed by atoms with Gasteiger partial charge in [-0.15, -0.1) is 0 Å². The van der Waals surface area contributed by atoms with E-state index in [-0.39, 0.29) is 21.9 Å². The second-order valence-electron chi connectivity index (χ2n) is 3.07. The van der Waals surface area contributed by atoms with E-state index < -0.39 is 17.3 Å². The maximum absolute atomic E-state index is 11.5. The largest absolute Gasteiger partial charge is 0.508 e. The molecule has 76 valence electrons. The smallest absolute Gasteiger partial charge is 0.205 e. The summed E-state index contributed by atoms with van der Waals surface area (Å²) in [5, 5.41) is 18.4. The lowest BCUT2D eigenvalue weighted by molar-refractivity contribution is 0.0988. The number of halogens is 1. The Morgan fingerprint density at radius 1 is 1.13 bits per heavy atom. The predicted octanol–water partition coefficient (Wildman–Crippen LogP) is 1.60. The molecule has 1 aliphatic rings. The number of aromatic hydroxyl groups is 2. The van der Waals surface area contributed by atoms with E-state index in [1.54, 1.807) is 0 Å². The lowest BCUT2D eigenvalue weighted by atomic mass is 9.93. The quantitative estimate of drug-likeness (QED) is 0.702. The van der Waals surface area contributed by atoms with Crippen LogP contribution in [0.15, 0.2) is 23.2 Å². The van der Waals surface area contributed by atoms with Crippen molar-refractivity contribution < 1.29 is 19.8 Å². The average Bonchev–Trinajstić information content (AvgIpc) is 2.12. The zero-order chi connectivity index (χ0) is 11.2. The molecular weight excluding hydrogens is 220 g/mol. The molecule has 4 nitrogen and oxygen atoms in total. The van der Waals surface area contributed by atoms with Gasteiger partial charge in [0.1, 0.15) is 11.5 Å². The van der Waals surface area contributed by atoms with Gasteiger partial charge >= 0.3 is 0 Å². The Bertz CT molecular complexity index is 516.